The van der Waals surface area contributed by atoms with E-state index in [4.69, 9.17) is 23.7 Å². The number of hydrogen-bond acceptors (Lipinski definition) is 9. The van der Waals surface area contributed by atoms with Gasteiger partial charge in [0.05, 0.1) is 13.2 Å². The Balaban J connectivity index is 1.54. The van der Waals surface area contributed by atoms with Gasteiger partial charge in [-0.05, 0) is 62.3 Å². The molecule has 2 fully saturated rings. The average molecular weight is 443 g/mol. The number of aliphatic hydroxyl groups is 1. The number of aryl methyl sites for hydroxylation is 1. The van der Waals surface area contributed by atoms with Gasteiger partial charge in [-0.3, -0.25) is 4.98 Å². The number of esters is 2. The number of aromatic nitrogens is 1. The molecule has 1 saturated heterocycles. The van der Waals surface area contributed by atoms with Crippen LogP contribution >= 0.6 is 0 Å². The second-order valence-corrected chi connectivity index (χ2v) is 7.74. The summed E-state index contributed by atoms with van der Waals surface area (Å²) in [6.07, 6.45) is 6.49. The van der Waals surface area contributed by atoms with Crippen LogP contribution in [0, 0.1) is 0 Å². The summed E-state index contributed by atoms with van der Waals surface area (Å²) in [5.74, 6) is -3.62. The molecular formula is C23H25NO8. The third kappa shape index (κ3) is 4.77. The summed E-state index contributed by atoms with van der Waals surface area (Å²) in [4.78, 5) is 27.7. The fourth-order valence-corrected chi connectivity index (χ4v) is 3.80. The highest BCUT2D eigenvalue weighted by molar-refractivity contribution is 6.31. The number of aliphatic hydroxyl groups excluding tert-OH is 1. The topological polar surface area (TPSA) is 113 Å². The lowest BCUT2D eigenvalue weighted by Gasteiger charge is -2.30. The predicted molar refractivity (Wildman–Crippen MR) is 110 cm³/mol. The molecule has 170 valence electrons. The number of benzene rings is 1. The molecule has 1 aliphatic carbocycles. The van der Waals surface area contributed by atoms with Crippen molar-refractivity contribution in [3.05, 3.63) is 48.3 Å². The minimum absolute atomic E-state index is 0.0697. The summed E-state index contributed by atoms with van der Waals surface area (Å²) in [5.41, 5.74) is 0.856. The minimum Gasteiger partial charge on any atom is -0.493 e. The highest BCUT2D eigenvalue weighted by atomic mass is 16.9. The van der Waals surface area contributed by atoms with Crippen LogP contribution < -0.4 is 14.2 Å². The molecule has 9 heteroatoms. The van der Waals surface area contributed by atoms with Crippen molar-refractivity contribution in [2.45, 2.75) is 56.7 Å². The Labute approximate surface area is 185 Å². The van der Waals surface area contributed by atoms with Crippen LogP contribution in [0.25, 0.3) is 0 Å². The first kappa shape index (κ1) is 21.9. The van der Waals surface area contributed by atoms with Crippen molar-refractivity contribution < 1.29 is 38.4 Å². The van der Waals surface area contributed by atoms with Crippen LogP contribution in [0.15, 0.2) is 42.7 Å². The summed E-state index contributed by atoms with van der Waals surface area (Å²) < 4.78 is 27.3. The Morgan fingerprint density at radius 1 is 1.16 bits per heavy atom. The lowest BCUT2D eigenvalue weighted by molar-refractivity contribution is -0.318. The largest absolute Gasteiger partial charge is 0.493 e. The number of rotatable bonds is 9. The number of carbonyl (C=O) groups is 2. The molecular weight excluding hydrogens is 418 g/mol. The Kier molecular flexibility index (Phi) is 6.45. The molecule has 0 bridgehead atoms. The molecule has 1 aromatic heterocycles. The molecule has 2 heterocycles. The monoisotopic (exact) mass is 443 g/mol. The number of nitrogens with zero attached hydrogens (tertiary/aromatic N) is 1. The van der Waals surface area contributed by atoms with Gasteiger partial charge in [0, 0.05) is 18.5 Å². The lowest BCUT2D eigenvalue weighted by Crippen LogP contribution is -2.49. The molecule has 1 saturated carbocycles. The Morgan fingerprint density at radius 3 is 2.56 bits per heavy atom. The van der Waals surface area contributed by atoms with Gasteiger partial charge in [0.25, 0.3) is 0 Å². The van der Waals surface area contributed by atoms with Crippen molar-refractivity contribution in [3.8, 4) is 17.2 Å². The number of cyclic esters (lactones) is 2. The van der Waals surface area contributed by atoms with E-state index in [1.807, 2.05) is 6.07 Å². The Hall–Kier alpha value is -3.33. The zero-order valence-corrected chi connectivity index (χ0v) is 17.7. The number of pyridine rings is 1. The van der Waals surface area contributed by atoms with Gasteiger partial charge in [-0.25, -0.2) is 9.59 Å². The third-order valence-electron chi connectivity index (χ3n) is 5.46. The highest BCUT2D eigenvalue weighted by Gasteiger charge is 2.57. The van der Waals surface area contributed by atoms with Crippen molar-refractivity contribution in [1.29, 1.82) is 0 Å². The number of methoxy groups -OCH3 is 1. The standard InChI is InChI=1S/C23H25NO8/c1-28-18-10-9-17(13-19(18)29-16-6-2-3-7-16)30-23(31-21(26)22(27)32-23)20(25)11-8-15-5-4-12-24-14-15/h4-5,9-10,12-14,16,20,25H,2-3,6-8,11H2,1H3. The zero-order chi connectivity index (χ0) is 22.6. The molecule has 1 atom stereocenters. The maximum absolute atomic E-state index is 11.8. The van der Waals surface area contributed by atoms with Crippen molar-refractivity contribution in [2.24, 2.45) is 0 Å². The fraction of sp³-hybridized carbons (Fsp3) is 0.435. The SMILES string of the molecule is COc1ccc(OC2(C(O)CCc3cccnc3)OC(=O)C(=O)O2)cc1OC1CCCC1. The van der Waals surface area contributed by atoms with Crippen LogP contribution in [0.3, 0.4) is 0 Å². The molecule has 32 heavy (non-hydrogen) atoms. The number of hydrogen-bond donors (Lipinski definition) is 1. The summed E-state index contributed by atoms with van der Waals surface area (Å²) >= 11 is 0. The fourth-order valence-electron chi connectivity index (χ4n) is 3.80. The molecule has 0 spiro atoms. The number of carbonyl (C=O) groups excluding carboxylic acids is 2. The molecule has 0 radical (unpaired) electrons. The lowest BCUT2D eigenvalue weighted by atomic mass is 10.1. The molecule has 1 aliphatic heterocycles. The Morgan fingerprint density at radius 2 is 1.91 bits per heavy atom. The van der Waals surface area contributed by atoms with Gasteiger partial charge in [-0.2, -0.15) is 0 Å². The van der Waals surface area contributed by atoms with Crippen LogP contribution in [0.5, 0.6) is 17.2 Å². The van der Waals surface area contributed by atoms with Crippen LogP contribution in [0.4, 0.5) is 0 Å². The highest BCUT2D eigenvalue weighted by Crippen LogP contribution is 2.38. The smallest absolute Gasteiger partial charge is 0.450 e. The van der Waals surface area contributed by atoms with Gasteiger partial charge in [-0.1, -0.05) is 6.07 Å². The maximum Gasteiger partial charge on any atom is 0.450 e. The average Bonchev–Trinajstić information content (AvgIpc) is 3.41. The van der Waals surface area contributed by atoms with Crippen molar-refractivity contribution in [2.75, 3.05) is 7.11 Å². The molecule has 1 unspecified atom stereocenters. The second-order valence-electron chi connectivity index (χ2n) is 7.74. The normalized spacial score (nSPS) is 18.7. The second kappa shape index (κ2) is 9.44. The van der Waals surface area contributed by atoms with E-state index in [9.17, 15) is 14.7 Å². The Bertz CT molecular complexity index is 942. The van der Waals surface area contributed by atoms with Crippen LogP contribution in [0.2, 0.25) is 0 Å². The van der Waals surface area contributed by atoms with Gasteiger partial charge in [0.2, 0.25) is 0 Å². The van der Waals surface area contributed by atoms with Crippen molar-refractivity contribution >= 4 is 11.9 Å². The van der Waals surface area contributed by atoms with Gasteiger partial charge >= 0.3 is 17.9 Å². The van der Waals surface area contributed by atoms with Crippen molar-refractivity contribution in [3.63, 3.8) is 0 Å². The first-order valence-corrected chi connectivity index (χ1v) is 10.6. The molecule has 4 rings (SSSR count). The quantitative estimate of drug-likeness (QED) is 0.461. The molecule has 0 amide bonds. The third-order valence-corrected chi connectivity index (χ3v) is 5.46. The van der Waals surface area contributed by atoms with Crippen LogP contribution in [0.1, 0.15) is 37.7 Å². The zero-order valence-electron chi connectivity index (χ0n) is 17.7. The van der Waals surface area contributed by atoms with Gasteiger partial charge in [-0.15, -0.1) is 0 Å². The van der Waals surface area contributed by atoms with E-state index in [1.54, 1.807) is 36.7 Å². The molecule has 1 N–H and O–H groups in total. The van der Waals surface area contributed by atoms with Gasteiger partial charge < -0.3 is 28.8 Å². The summed E-state index contributed by atoms with van der Waals surface area (Å²) in [6.45, 7) is 0. The van der Waals surface area contributed by atoms with Crippen LogP contribution in [-0.4, -0.2) is 47.3 Å². The summed E-state index contributed by atoms with van der Waals surface area (Å²) in [6, 6.07) is 8.36. The summed E-state index contributed by atoms with van der Waals surface area (Å²) in [5, 5.41) is 10.8. The molecule has 2 aliphatic rings. The van der Waals surface area contributed by atoms with E-state index in [1.165, 1.54) is 7.11 Å². The van der Waals surface area contributed by atoms with Gasteiger partial charge in [0.1, 0.15) is 5.75 Å². The summed E-state index contributed by atoms with van der Waals surface area (Å²) in [7, 11) is 1.53. The van der Waals surface area contributed by atoms with E-state index in [2.05, 4.69) is 4.98 Å². The van der Waals surface area contributed by atoms with E-state index < -0.39 is 24.0 Å². The molecule has 9 nitrogen and oxygen atoms in total. The first-order valence-electron chi connectivity index (χ1n) is 10.6. The first-order chi connectivity index (χ1) is 15.5. The van der Waals surface area contributed by atoms with Gasteiger partial charge in [0.15, 0.2) is 17.6 Å². The molecule has 1 aromatic carbocycles. The number of ether oxygens (including phenoxy) is 5. The maximum atomic E-state index is 11.8. The van der Waals surface area contributed by atoms with E-state index in [-0.39, 0.29) is 18.3 Å². The molecule has 2 aromatic rings. The van der Waals surface area contributed by atoms with Crippen molar-refractivity contribution in [1.82, 2.24) is 4.98 Å². The van der Waals surface area contributed by atoms with E-state index >= 15 is 0 Å². The minimum atomic E-state index is -2.30. The van der Waals surface area contributed by atoms with Crippen LogP contribution in [-0.2, 0) is 25.5 Å². The van der Waals surface area contributed by atoms with E-state index in [0.717, 1.165) is 31.2 Å². The predicted octanol–water partition coefficient (Wildman–Crippen LogP) is 2.54. The van der Waals surface area contributed by atoms with E-state index in [0.29, 0.717) is 17.9 Å².